The van der Waals surface area contributed by atoms with Gasteiger partial charge in [-0.2, -0.15) is 0 Å². The molecule has 28 heavy (non-hydrogen) atoms. The fourth-order valence-corrected chi connectivity index (χ4v) is 3.78. The average Bonchev–Trinajstić information content (AvgIpc) is 2.62. The number of sulfonamides is 1. The van der Waals surface area contributed by atoms with E-state index in [1.54, 1.807) is 36.4 Å². The lowest BCUT2D eigenvalue weighted by Gasteiger charge is -2.22. The van der Waals surface area contributed by atoms with E-state index in [4.69, 9.17) is 16.3 Å². The van der Waals surface area contributed by atoms with Crippen LogP contribution in [0.3, 0.4) is 0 Å². The molecule has 2 aromatic rings. The summed E-state index contributed by atoms with van der Waals surface area (Å²) < 4.78 is 31.0. The van der Waals surface area contributed by atoms with Gasteiger partial charge in [0.2, 0.25) is 15.9 Å². The van der Waals surface area contributed by atoms with Crippen LogP contribution in [0, 0.1) is 6.92 Å². The van der Waals surface area contributed by atoms with Crippen molar-refractivity contribution in [1.82, 2.24) is 0 Å². The van der Waals surface area contributed by atoms with Gasteiger partial charge < -0.3 is 10.1 Å². The largest absolute Gasteiger partial charge is 0.494 e. The Hall–Kier alpha value is -2.25. The van der Waals surface area contributed by atoms with E-state index in [9.17, 15) is 13.2 Å². The van der Waals surface area contributed by atoms with Crippen molar-refractivity contribution in [3.8, 4) is 5.75 Å². The molecule has 0 heterocycles. The minimum Gasteiger partial charge on any atom is -0.494 e. The molecule has 1 amide bonds. The zero-order valence-electron chi connectivity index (χ0n) is 16.2. The van der Waals surface area contributed by atoms with Gasteiger partial charge in [0, 0.05) is 23.7 Å². The number of ether oxygens (including phenoxy) is 1. The molecule has 0 unspecified atom stereocenters. The Kier molecular flexibility index (Phi) is 7.71. The molecule has 0 radical (unpaired) electrons. The fraction of sp³-hybridized carbons (Fsp3) is 0.350. The highest BCUT2D eigenvalue weighted by Gasteiger charge is 2.17. The molecule has 1 N–H and O–H groups in total. The lowest BCUT2D eigenvalue weighted by atomic mass is 10.2. The van der Waals surface area contributed by atoms with Crippen LogP contribution >= 0.6 is 11.6 Å². The van der Waals surface area contributed by atoms with Gasteiger partial charge in [-0.05, 0) is 62.2 Å². The SMILES string of the molecule is CCOc1ccc(N(CCCC(=O)Nc2ccc(C)c(Cl)c2)S(C)(=O)=O)cc1. The van der Waals surface area contributed by atoms with Crippen molar-refractivity contribution in [2.75, 3.05) is 29.0 Å². The molecule has 0 aromatic heterocycles. The molecule has 2 rings (SSSR count). The van der Waals surface area contributed by atoms with E-state index in [0.29, 0.717) is 35.2 Å². The number of carbonyl (C=O) groups excluding carboxylic acids is 1. The number of hydrogen-bond acceptors (Lipinski definition) is 4. The molecule has 152 valence electrons. The zero-order chi connectivity index (χ0) is 20.7. The van der Waals surface area contributed by atoms with Crippen molar-refractivity contribution in [1.29, 1.82) is 0 Å². The van der Waals surface area contributed by atoms with Crippen LogP contribution in [0.5, 0.6) is 5.75 Å². The Morgan fingerprint density at radius 2 is 1.86 bits per heavy atom. The monoisotopic (exact) mass is 424 g/mol. The molecule has 0 aliphatic rings. The number of halogens is 1. The summed E-state index contributed by atoms with van der Waals surface area (Å²) in [5.41, 5.74) is 2.09. The summed E-state index contributed by atoms with van der Waals surface area (Å²) in [5, 5.41) is 3.36. The molecule has 0 spiro atoms. The highest BCUT2D eigenvalue weighted by Crippen LogP contribution is 2.23. The second kappa shape index (κ2) is 9.80. The Bertz CT molecular complexity index is 914. The van der Waals surface area contributed by atoms with Crippen LogP contribution in [0.15, 0.2) is 42.5 Å². The molecule has 0 bridgehead atoms. The molecule has 0 aliphatic carbocycles. The molecule has 6 nitrogen and oxygen atoms in total. The number of benzene rings is 2. The van der Waals surface area contributed by atoms with E-state index >= 15 is 0 Å². The predicted molar refractivity (Wildman–Crippen MR) is 114 cm³/mol. The number of rotatable bonds is 9. The highest BCUT2D eigenvalue weighted by atomic mass is 35.5. The Balaban J connectivity index is 1.96. The normalized spacial score (nSPS) is 11.1. The van der Waals surface area contributed by atoms with E-state index < -0.39 is 10.0 Å². The van der Waals surface area contributed by atoms with Crippen LogP contribution < -0.4 is 14.4 Å². The number of nitrogens with one attached hydrogen (secondary N) is 1. The third-order valence-electron chi connectivity index (χ3n) is 4.06. The first kappa shape index (κ1) is 22.0. The van der Waals surface area contributed by atoms with E-state index in [1.165, 1.54) is 4.31 Å². The summed E-state index contributed by atoms with van der Waals surface area (Å²) in [4.78, 5) is 12.2. The van der Waals surface area contributed by atoms with E-state index in [0.717, 1.165) is 11.8 Å². The lowest BCUT2D eigenvalue weighted by molar-refractivity contribution is -0.116. The van der Waals surface area contributed by atoms with E-state index in [1.807, 2.05) is 19.9 Å². The molecule has 0 saturated heterocycles. The van der Waals surface area contributed by atoms with Crippen LogP contribution in [0.4, 0.5) is 11.4 Å². The van der Waals surface area contributed by atoms with E-state index in [-0.39, 0.29) is 18.9 Å². The van der Waals surface area contributed by atoms with Crippen LogP contribution in [-0.4, -0.2) is 33.7 Å². The Labute approximate surface area is 171 Å². The maximum Gasteiger partial charge on any atom is 0.232 e. The maximum atomic E-state index is 12.2. The first-order valence-corrected chi connectivity index (χ1v) is 11.2. The van der Waals surface area contributed by atoms with Crippen LogP contribution in [-0.2, 0) is 14.8 Å². The maximum absolute atomic E-state index is 12.2. The first-order chi connectivity index (χ1) is 13.2. The highest BCUT2D eigenvalue weighted by molar-refractivity contribution is 7.92. The molecular formula is C20H25ClN2O4S. The minimum absolute atomic E-state index is 0.189. The number of nitrogens with zero attached hydrogens (tertiary/aromatic N) is 1. The van der Waals surface area contributed by atoms with Crippen LogP contribution in [0.25, 0.3) is 0 Å². The summed E-state index contributed by atoms with van der Waals surface area (Å²) in [6.07, 6.45) is 1.72. The molecule has 2 aromatic carbocycles. The number of aryl methyl sites for hydroxylation is 1. The van der Waals surface area contributed by atoms with Crippen molar-refractivity contribution in [3.05, 3.63) is 53.1 Å². The number of amides is 1. The number of hydrogen-bond donors (Lipinski definition) is 1. The van der Waals surface area contributed by atoms with Gasteiger partial charge >= 0.3 is 0 Å². The van der Waals surface area contributed by atoms with Crippen molar-refractivity contribution in [2.24, 2.45) is 0 Å². The van der Waals surface area contributed by atoms with E-state index in [2.05, 4.69) is 5.32 Å². The quantitative estimate of drug-likeness (QED) is 0.653. The molecule has 0 aliphatic heterocycles. The van der Waals surface area contributed by atoms with Gasteiger partial charge in [-0.15, -0.1) is 0 Å². The second-order valence-corrected chi connectivity index (χ2v) is 8.69. The second-order valence-electron chi connectivity index (χ2n) is 6.38. The Morgan fingerprint density at radius 3 is 2.43 bits per heavy atom. The van der Waals surface area contributed by atoms with Gasteiger partial charge in [0.25, 0.3) is 0 Å². The van der Waals surface area contributed by atoms with Gasteiger partial charge in [-0.1, -0.05) is 17.7 Å². The summed E-state index contributed by atoms with van der Waals surface area (Å²) in [5.74, 6) is 0.482. The average molecular weight is 425 g/mol. The topological polar surface area (TPSA) is 75.7 Å². The van der Waals surface area contributed by atoms with Crippen molar-refractivity contribution >= 4 is 38.9 Å². The third kappa shape index (κ3) is 6.42. The summed E-state index contributed by atoms with van der Waals surface area (Å²) in [6.45, 7) is 4.51. The van der Waals surface area contributed by atoms with Crippen molar-refractivity contribution in [2.45, 2.75) is 26.7 Å². The number of carbonyl (C=O) groups is 1. The smallest absolute Gasteiger partial charge is 0.232 e. The van der Waals surface area contributed by atoms with Crippen molar-refractivity contribution < 1.29 is 17.9 Å². The summed E-state index contributed by atoms with van der Waals surface area (Å²) in [6, 6.07) is 12.1. The van der Waals surface area contributed by atoms with Crippen LogP contribution in [0.2, 0.25) is 5.02 Å². The third-order valence-corrected chi connectivity index (χ3v) is 5.66. The molecule has 0 saturated carbocycles. The van der Waals surface area contributed by atoms with Gasteiger partial charge in [0.1, 0.15) is 5.75 Å². The van der Waals surface area contributed by atoms with Gasteiger partial charge in [-0.25, -0.2) is 8.42 Å². The molecule has 8 heteroatoms. The number of anilines is 2. The van der Waals surface area contributed by atoms with Crippen molar-refractivity contribution in [3.63, 3.8) is 0 Å². The first-order valence-electron chi connectivity index (χ1n) is 8.97. The summed E-state index contributed by atoms with van der Waals surface area (Å²) >= 11 is 6.06. The molecular weight excluding hydrogens is 400 g/mol. The van der Waals surface area contributed by atoms with Gasteiger partial charge in [-0.3, -0.25) is 9.10 Å². The fourth-order valence-electron chi connectivity index (χ4n) is 2.64. The predicted octanol–water partition coefficient (Wildman–Crippen LogP) is 4.23. The molecule has 0 atom stereocenters. The van der Waals surface area contributed by atoms with Crippen LogP contribution in [0.1, 0.15) is 25.3 Å². The standard InChI is InChI=1S/C20H25ClN2O4S/c1-4-27-18-11-9-17(10-12-18)23(28(3,25)26)13-5-6-20(24)22-16-8-7-15(2)19(21)14-16/h7-12,14H,4-6,13H2,1-3H3,(H,22,24). The zero-order valence-corrected chi connectivity index (χ0v) is 17.8. The Morgan fingerprint density at radius 1 is 1.18 bits per heavy atom. The van der Waals surface area contributed by atoms with Gasteiger partial charge in [0.05, 0.1) is 18.6 Å². The van der Waals surface area contributed by atoms with Gasteiger partial charge in [0.15, 0.2) is 0 Å². The minimum atomic E-state index is -3.47. The lowest BCUT2D eigenvalue weighted by Crippen LogP contribution is -2.31. The summed E-state index contributed by atoms with van der Waals surface area (Å²) in [7, 11) is -3.47. The molecule has 0 fully saturated rings.